The first-order chi connectivity index (χ1) is 13.5. The Kier molecular flexibility index (Phi) is 5.79. The molecule has 2 saturated heterocycles. The van der Waals surface area contributed by atoms with Crippen molar-refractivity contribution in [3.05, 3.63) is 29.8 Å². The van der Waals surface area contributed by atoms with E-state index in [0.717, 1.165) is 44.7 Å². The summed E-state index contributed by atoms with van der Waals surface area (Å²) in [4.78, 5) is 15.2. The fourth-order valence-corrected chi connectivity index (χ4v) is 7.00. The SMILES string of the molecule is C[C@H]1CCCCN1S(=O)(=O)c1ccc(C(=O)N2CC[C@@H]3CCCC[C@@H]3C2)cc1. The quantitative estimate of drug-likeness (QED) is 0.768. The number of likely N-dealkylation sites (tertiary alicyclic amines) is 1. The Hall–Kier alpha value is -1.40. The van der Waals surface area contributed by atoms with Gasteiger partial charge in [-0.05, 0) is 68.7 Å². The molecule has 1 saturated carbocycles. The van der Waals surface area contributed by atoms with E-state index in [1.807, 2.05) is 11.8 Å². The lowest BCUT2D eigenvalue weighted by Gasteiger charge is -2.41. The van der Waals surface area contributed by atoms with Crippen LogP contribution in [0.2, 0.25) is 0 Å². The molecule has 154 valence electrons. The molecular weight excluding hydrogens is 372 g/mol. The van der Waals surface area contributed by atoms with Gasteiger partial charge in [-0.2, -0.15) is 4.31 Å². The van der Waals surface area contributed by atoms with Crippen molar-refractivity contribution < 1.29 is 13.2 Å². The van der Waals surface area contributed by atoms with Gasteiger partial charge in [-0.15, -0.1) is 0 Å². The number of sulfonamides is 1. The number of carbonyl (C=O) groups excluding carboxylic acids is 1. The van der Waals surface area contributed by atoms with Crippen LogP contribution < -0.4 is 0 Å². The maximum absolute atomic E-state index is 13.0. The largest absolute Gasteiger partial charge is 0.338 e. The van der Waals surface area contributed by atoms with Gasteiger partial charge in [0, 0.05) is 31.2 Å². The molecule has 0 aromatic heterocycles. The highest BCUT2D eigenvalue weighted by Crippen LogP contribution is 2.36. The first kappa shape index (κ1) is 19.9. The van der Waals surface area contributed by atoms with E-state index in [0.29, 0.717) is 22.9 Å². The normalized spacial score (nSPS) is 29.3. The molecule has 6 heteroatoms. The third-order valence-electron chi connectivity index (χ3n) is 7.03. The Bertz CT molecular complexity index is 806. The van der Waals surface area contributed by atoms with Crippen molar-refractivity contribution in [1.82, 2.24) is 9.21 Å². The maximum Gasteiger partial charge on any atom is 0.253 e. The zero-order valence-electron chi connectivity index (χ0n) is 16.8. The molecule has 3 fully saturated rings. The van der Waals surface area contributed by atoms with E-state index in [1.54, 1.807) is 28.6 Å². The molecule has 2 heterocycles. The molecule has 28 heavy (non-hydrogen) atoms. The Morgan fingerprint density at radius 3 is 2.29 bits per heavy atom. The van der Waals surface area contributed by atoms with Crippen LogP contribution in [0.5, 0.6) is 0 Å². The van der Waals surface area contributed by atoms with E-state index >= 15 is 0 Å². The molecule has 5 nitrogen and oxygen atoms in total. The van der Waals surface area contributed by atoms with Gasteiger partial charge >= 0.3 is 0 Å². The molecule has 4 rings (SSSR count). The van der Waals surface area contributed by atoms with Crippen molar-refractivity contribution >= 4 is 15.9 Å². The van der Waals surface area contributed by atoms with E-state index in [2.05, 4.69) is 0 Å². The van der Waals surface area contributed by atoms with Crippen molar-refractivity contribution in [2.75, 3.05) is 19.6 Å². The number of fused-ring (bicyclic) bond motifs is 1. The Morgan fingerprint density at radius 2 is 1.57 bits per heavy atom. The molecule has 0 spiro atoms. The average molecular weight is 405 g/mol. The second-order valence-corrected chi connectivity index (χ2v) is 10.7. The molecule has 0 bridgehead atoms. The van der Waals surface area contributed by atoms with E-state index in [9.17, 15) is 13.2 Å². The van der Waals surface area contributed by atoms with Gasteiger partial charge in [0.2, 0.25) is 10.0 Å². The second kappa shape index (κ2) is 8.15. The van der Waals surface area contributed by atoms with Crippen molar-refractivity contribution in [2.24, 2.45) is 11.8 Å². The van der Waals surface area contributed by atoms with Gasteiger partial charge < -0.3 is 4.90 Å². The predicted octanol–water partition coefficient (Wildman–Crippen LogP) is 3.90. The Morgan fingerprint density at radius 1 is 0.893 bits per heavy atom. The molecule has 1 aromatic rings. The minimum atomic E-state index is -3.49. The van der Waals surface area contributed by atoms with Gasteiger partial charge in [0.05, 0.1) is 4.90 Å². The molecule has 1 aromatic carbocycles. The fraction of sp³-hybridized carbons (Fsp3) is 0.682. The van der Waals surface area contributed by atoms with Gasteiger partial charge in [-0.25, -0.2) is 8.42 Å². The summed E-state index contributed by atoms with van der Waals surface area (Å²) < 4.78 is 27.5. The Labute approximate surface area is 169 Å². The summed E-state index contributed by atoms with van der Waals surface area (Å²) in [7, 11) is -3.49. The molecule has 1 aliphatic carbocycles. The summed E-state index contributed by atoms with van der Waals surface area (Å²) >= 11 is 0. The van der Waals surface area contributed by atoms with Crippen LogP contribution in [0.15, 0.2) is 29.2 Å². The number of carbonyl (C=O) groups is 1. The number of rotatable bonds is 3. The minimum absolute atomic E-state index is 0.0387. The zero-order chi connectivity index (χ0) is 19.7. The zero-order valence-corrected chi connectivity index (χ0v) is 17.7. The number of hydrogen-bond acceptors (Lipinski definition) is 3. The third-order valence-corrected chi connectivity index (χ3v) is 9.06. The van der Waals surface area contributed by atoms with E-state index in [-0.39, 0.29) is 11.9 Å². The fourth-order valence-electron chi connectivity index (χ4n) is 5.30. The molecule has 1 amide bonds. The lowest BCUT2D eigenvalue weighted by atomic mass is 9.75. The van der Waals surface area contributed by atoms with Crippen molar-refractivity contribution in [3.63, 3.8) is 0 Å². The molecule has 0 radical (unpaired) electrons. The summed E-state index contributed by atoms with van der Waals surface area (Å²) in [5.74, 6) is 1.47. The van der Waals surface area contributed by atoms with Gasteiger partial charge in [-0.1, -0.05) is 25.7 Å². The number of piperidine rings is 2. The molecule has 3 aliphatic rings. The summed E-state index contributed by atoms with van der Waals surface area (Å²) in [6, 6.07) is 6.64. The monoisotopic (exact) mass is 404 g/mol. The topological polar surface area (TPSA) is 57.7 Å². The Balaban J connectivity index is 1.46. The lowest BCUT2D eigenvalue weighted by Crippen LogP contribution is -2.44. The number of nitrogens with zero attached hydrogens (tertiary/aromatic N) is 2. The minimum Gasteiger partial charge on any atom is -0.338 e. The van der Waals surface area contributed by atoms with Crippen molar-refractivity contribution in [1.29, 1.82) is 0 Å². The van der Waals surface area contributed by atoms with E-state index in [1.165, 1.54) is 25.7 Å². The molecule has 2 aliphatic heterocycles. The van der Waals surface area contributed by atoms with Gasteiger partial charge in [0.25, 0.3) is 5.91 Å². The predicted molar refractivity (Wildman–Crippen MR) is 110 cm³/mol. The summed E-state index contributed by atoms with van der Waals surface area (Å²) in [6.07, 6.45) is 9.18. The maximum atomic E-state index is 13.0. The smallest absolute Gasteiger partial charge is 0.253 e. The van der Waals surface area contributed by atoms with Crippen molar-refractivity contribution in [2.45, 2.75) is 69.2 Å². The molecule has 3 atom stereocenters. The van der Waals surface area contributed by atoms with Crippen LogP contribution >= 0.6 is 0 Å². The molecule has 0 N–H and O–H groups in total. The number of amides is 1. The second-order valence-electron chi connectivity index (χ2n) is 8.83. The van der Waals surface area contributed by atoms with Crippen LogP contribution in [0.25, 0.3) is 0 Å². The van der Waals surface area contributed by atoms with E-state index in [4.69, 9.17) is 0 Å². The number of hydrogen-bond donors (Lipinski definition) is 0. The van der Waals surface area contributed by atoms with Crippen LogP contribution in [-0.2, 0) is 10.0 Å². The third kappa shape index (κ3) is 3.86. The van der Waals surface area contributed by atoms with Crippen LogP contribution in [-0.4, -0.2) is 49.2 Å². The van der Waals surface area contributed by atoms with Crippen molar-refractivity contribution in [3.8, 4) is 0 Å². The first-order valence-corrected chi connectivity index (χ1v) is 12.3. The van der Waals surface area contributed by atoms with Crippen LogP contribution in [0.1, 0.15) is 68.6 Å². The highest BCUT2D eigenvalue weighted by Gasteiger charge is 2.34. The molecule has 0 unspecified atom stereocenters. The van der Waals surface area contributed by atoms with Crippen LogP contribution in [0.3, 0.4) is 0 Å². The number of benzene rings is 1. The van der Waals surface area contributed by atoms with E-state index < -0.39 is 10.0 Å². The van der Waals surface area contributed by atoms with Gasteiger partial charge in [0.15, 0.2) is 0 Å². The van der Waals surface area contributed by atoms with Crippen LogP contribution in [0.4, 0.5) is 0 Å². The molecular formula is C22H32N2O3S. The van der Waals surface area contributed by atoms with Gasteiger partial charge in [0.1, 0.15) is 0 Å². The lowest BCUT2D eigenvalue weighted by molar-refractivity contribution is 0.0521. The standard InChI is InChI=1S/C22H32N2O3S/c1-17-6-4-5-14-24(17)28(26,27)21-11-9-19(10-12-21)22(25)23-15-13-18-7-2-3-8-20(18)16-23/h9-12,17-18,20H,2-8,13-16H2,1H3/t17-,18-,20+/m0/s1. The van der Waals surface area contributed by atoms with Gasteiger partial charge in [-0.3, -0.25) is 4.79 Å². The summed E-state index contributed by atoms with van der Waals surface area (Å²) in [5, 5.41) is 0. The summed E-state index contributed by atoms with van der Waals surface area (Å²) in [5.41, 5.74) is 0.597. The highest BCUT2D eigenvalue weighted by molar-refractivity contribution is 7.89. The first-order valence-electron chi connectivity index (χ1n) is 10.9. The highest BCUT2D eigenvalue weighted by atomic mass is 32.2. The van der Waals surface area contributed by atoms with Crippen LogP contribution in [0, 0.1) is 11.8 Å². The summed E-state index contributed by atoms with van der Waals surface area (Å²) in [6.45, 7) is 4.24. The average Bonchev–Trinajstić information content (AvgIpc) is 2.73.